The molecule has 23 heavy (non-hydrogen) atoms. The van der Waals surface area contributed by atoms with Gasteiger partial charge in [0.15, 0.2) is 0 Å². The van der Waals surface area contributed by atoms with Gasteiger partial charge in [0.25, 0.3) is 0 Å². The van der Waals surface area contributed by atoms with Crippen molar-refractivity contribution in [3.8, 4) is 0 Å². The summed E-state index contributed by atoms with van der Waals surface area (Å²) < 4.78 is 0. The predicted molar refractivity (Wildman–Crippen MR) is 84.3 cm³/mol. The lowest BCUT2D eigenvalue weighted by atomic mass is 9.54. The van der Waals surface area contributed by atoms with Crippen molar-refractivity contribution in [1.82, 2.24) is 5.32 Å². The highest BCUT2D eigenvalue weighted by Gasteiger charge is 2.54. The molecule has 6 aliphatic rings. The lowest BCUT2D eigenvalue weighted by molar-refractivity contribution is -0.148. The van der Waals surface area contributed by atoms with Gasteiger partial charge in [-0.05, 0) is 74.0 Å². The van der Waals surface area contributed by atoms with Crippen LogP contribution in [-0.2, 0) is 9.59 Å². The van der Waals surface area contributed by atoms with Crippen molar-refractivity contribution in [3.05, 3.63) is 12.2 Å². The second-order valence-electron chi connectivity index (χ2n) is 8.80. The maximum absolute atomic E-state index is 12.9. The lowest BCUT2D eigenvalue weighted by Gasteiger charge is -2.54. The molecule has 5 fully saturated rings. The van der Waals surface area contributed by atoms with E-state index in [1.165, 1.54) is 32.1 Å². The highest BCUT2D eigenvalue weighted by Crippen LogP contribution is 2.54. The zero-order valence-corrected chi connectivity index (χ0v) is 13.4. The number of amides is 1. The molecular weight excluding hydrogens is 290 g/mol. The van der Waals surface area contributed by atoms with Gasteiger partial charge in [0.05, 0.1) is 11.8 Å². The molecule has 0 unspecified atom stereocenters. The Morgan fingerprint density at radius 2 is 1.39 bits per heavy atom. The molecule has 4 atom stereocenters. The van der Waals surface area contributed by atoms with Crippen LogP contribution in [0.25, 0.3) is 0 Å². The van der Waals surface area contributed by atoms with Crippen molar-refractivity contribution in [1.29, 1.82) is 0 Å². The lowest BCUT2D eigenvalue weighted by Crippen LogP contribution is -2.57. The summed E-state index contributed by atoms with van der Waals surface area (Å²) >= 11 is 0. The molecule has 6 aliphatic carbocycles. The van der Waals surface area contributed by atoms with Gasteiger partial charge in [-0.3, -0.25) is 9.59 Å². The fraction of sp³-hybridized carbons (Fsp3) is 0.789. The number of rotatable bonds is 3. The molecule has 6 bridgehead atoms. The maximum atomic E-state index is 12.9. The average Bonchev–Trinajstić information content (AvgIpc) is 3.10. The summed E-state index contributed by atoms with van der Waals surface area (Å²) in [7, 11) is 0. The molecule has 2 N–H and O–H groups in total. The van der Waals surface area contributed by atoms with Gasteiger partial charge >= 0.3 is 5.97 Å². The van der Waals surface area contributed by atoms with E-state index in [2.05, 4.69) is 11.4 Å². The fourth-order valence-electron chi connectivity index (χ4n) is 6.94. The minimum atomic E-state index is -0.799. The minimum Gasteiger partial charge on any atom is -0.481 e. The first-order valence-electron chi connectivity index (χ1n) is 9.31. The normalized spacial score (nSPS) is 52.1. The van der Waals surface area contributed by atoms with E-state index in [-0.39, 0.29) is 23.7 Å². The Labute approximate surface area is 136 Å². The van der Waals surface area contributed by atoms with Gasteiger partial charge in [-0.2, -0.15) is 0 Å². The molecule has 124 valence electrons. The van der Waals surface area contributed by atoms with Crippen LogP contribution in [-0.4, -0.2) is 23.0 Å². The predicted octanol–water partition coefficient (Wildman–Crippen LogP) is 2.45. The number of aliphatic carboxylic acids is 1. The molecule has 0 aromatic carbocycles. The Kier molecular flexibility index (Phi) is 2.96. The van der Waals surface area contributed by atoms with Crippen LogP contribution in [0.2, 0.25) is 0 Å². The summed E-state index contributed by atoms with van der Waals surface area (Å²) in [6, 6.07) is 0.313. The highest BCUT2D eigenvalue weighted by molar-refractivity contribution is 5.87. The van der Waals surface area contributed by atoms with Crippen molar-refractivity contribution in [2.45, 2.75) is 44.6 Å². The van der Waals surface area contributed by atoms with E-state index in [1.54, 1.807) is 0 Å². The van der Waals surface area contributed by atoms with Gasteiger partial charge in [-0.15, -0.1) is 0 Å². The quantitative estimate of drug-likeness (QED) is 0.786. The van der Waals surface area contributed by atoms with Crippen molar-refractivity contribution in [2.75, 3.05) is 0 Å². The van der Waals surface area contributed by atoms with E-state index in [0.717, 1.165) is 18.3 Å². The van der Waals surface area contributed by atoms with Gasteiger partial charge in [0.2, 0.25) is 5.91 Å². The molecule has 1 amide bonds. The minimum absolute atomic E-state index is 0.0201. The Bertz CT molecular complexity index is 555. The highest BCUT2D eigenvalue weighted by atomic mass is 16.4. The van der Waals surface area contributed by atoms with E-state index < -0.39 is 11.9 Å². The van der Waals surface area contributed by atoms with E-state index in [1.807, 2.05) is 6.08 Å². The maximum Gasteiger partial charge on any atom is 0.307 e. The zero-order valence-electron chi connectivity index (χ0n) is 13.4. The number of fused-ring (bicyclic) bond motifs is 2. The van der Waals surface area contributed by atoms with E-state index in [9.17, 15) is 14.7 Å². The second kappa shape index (κ2) is 4.84. The topological polar surface area (TPSA) is 66.4 Å². The SMILES string of the molecule is O=C(NC1C2CC3CC(C2)CC1C3)[C@@H]1[C@@H](C(=O)O)[C@H]2C=C[C@@H]1C2. The van der Waals surface area contributed by atoms with Crippen LogP contribution in [0.15, 0.2) is 12.2 Å². The van der Waals surface area contributed by atoms with E-state index in [4.69, 9.17) is 0 Å². The Balaban J connectivity index is 1.34. The molecule has 0 saturated heterocycles. The van der Waals surface area contributed by atoms with Gasteiger partial charge in [-0.25, -0.2) is 0 Å². The third kappa shape index (κ3) is 2.03. The van der Waals surface area contributed by atoms with Gasteiger partial charge in [0, 0.05) is 6.04 Å². The standard InChI is InChI=1S/C19H25NO3/c21-18(15-11-1-2-12(8-11)16(15)19(22)23)20-17-13-4-9-3-10(6-13)7-14(17)5-9/h1-2,9-17H,3-8H2,(H,20,21)(H,22,23)/t9?,10?,11-,12+,13?,14?,15+,16+,17?/m1/s1. The van der Waals surface area contributed by atoms with Gasteiger partial charge < -0.3 is 10.4 Å². The number of nitrogens with one attached hydrogen (secondary N) is 1. The molecule has 4 nitrogen and oxygen atoms in total. The summed E-state index contributed by atoms with van der Waals surface area (Å²) in [5.41, 5.74) is 0. The number of allylic oxidation sites excluding steroid dienone is 2. The summed E-state index contributed by atoms with van der Waals surface area (Å²) in [4.78, 5) is 24.6. The Morgan fingerprint density at radius 3 is 1.96 bits per heavy atom. The molecule has 0 aromatic heterocycles. The van der Waals surface area contributed by atoms with Crippen molar-refractivity contribution in [3.63, 3.8) is 0 Å². The molecule has 0 heterocycles. The smallest absolute Gasteiger partial charge is 0.307 e. The van der Waals surface area contributed by atoms with Crippen molar-refractivity contribution < 1.29 is 14.7 Å². The number of carbonyl (C=O) groups is 2. The van der Waals surface area contributed by atoms with Gasteiger partial charge in [-0.1, -0.05) is 12.2 Å². The molecular formula is C19H25NO3. The fourth-order valence-corrected chi connectivity index (χ4v) is 6.94. The second-order valence-corrected chi connectivity index (χ2v) is 8.80. The summed E-state index contributed by atoms with van der Waals surface area (Å²) in [6.45, 7) is 0. The molecule has 0 aromatic rings. The summed E-state index contributed by atoms with van der Waals surface area (Å²) in [5, 5.41) is 12.9. The first-order valence-corrected chi connectivity index (χ1v) is 9.31. The summed E-state index contributed by atoms with van der Waals surface area (Å²) in [6.07, 6.45) is 11.4. The summed E-state index contributed by atoms with van der Waals surface area (Å²) in [5.74, 6) is 1.64. The molecule has 4 heteroatoms. The Morgan fingerprint density at radius 1 is 0.826 bits per heavy atom. The number of hydrogen-bond donors (Lipinski definition) is 2. The van der Waals surface area contributed by atoms with Gasteiger partial charge in [0.1, 0.15) is 0 Å². The first-order chi connectivity index (χ1) is 11.1. The van der Waals surface area contributed by atoms with Crippen molar-refractivity contribution >= 4 is 11.9 Å². The number of carboxylic acids is 1. The monoisotopic (exact) mass is 315 g/mol. The van der Waals surface area contributed by atoms with Crippen LogP contribution in [0, 0.1) is 47.3 Å². The van der Waals surface area contributed by atoms with Crippen LogP contribution < -0.4 is 5.32 Å². The van der Waals surface area contributed by atoms with Crippen LogP contribution >= 0.6 is 0 Å². The van der Waals surface area contributed by atoms with Crippen LogP contribution in [0.5, 0.6) is 0 Å². The van der Waals surface area contributed by atoms with E-state index in [0.29, 0.717) is 17.9 Å². The van der Waals surface area contributed by atoms with Crippen LogP contribution in [0.3, 0.4) is 0 Å². The molecule has 0 spiro atoms. The number of carbonyl (C=O) groups excluding carboxylic acids is 1. The average molecular weight is 315 g/mol. The number of carboxylic acid groups (broad SMARTS) is 1. The molecule has 0 aliphatic heterocycles. The Hall–Kier alpha value is -1.32. The van der Waals surface area contributed by atoms with E-state index >= 15 is 0 Å². The van der Waals surface area contributed by atoms with Crippen LogP contribution in [0.4, 0.5) is 0 Å². The first kappa shape index (κ1) is 14.1. The van der Waals surface area contributed by atoms with Crippen LogP contribution in [0.1, 0.15) is 38.5 Å². The van der Waals surface area contributed by atoms with Crippen molar-refractivity contribution in [2.24, 2.45) is 47.3 Å². The number of hydrogen-bond acceptors (Lipinski definition) is 2. The largest absolute Gasteiger partial charge is 0.481 e. The molecule has 6 rings (SSSR count). The third-order valence-corrected chi connectivity index (χ3v) is 7.58. The molecule has 5 saturated carbocycles. The molecule has 0 radical (unpaired) electrons. The zero-order chi connectivity index (χ0) is 15.7. The third-order valence-electron chi connectivity index (χ3n) is 7.58.